The number of halogens is 1. The van der Waals surface area contributed by atoms with Crippen LogP contribution in [0.3, 0.4) is 0 Å². The lowest BCUT2D eigenvalue weighted by molar-refractivity contribution is -0.164. The lowest BCUT2D eigenvalue weighted by Gasteiger charge is -2.42. The molecule has 4 aromatic rings. The highest BCUT2D eigenvalue weighted by molar-refractivity contribution is 5.82. The van der Waals surface area contributed by atoms with E-state index in [9.17, 15) is 4.79 Å². The molecule has 0 saturated carbocycles. The fraction of sp³-hybridized carbons (Fsp3) is 0.487. The lowest BCUT2D eigenvalue weighted by atomic mass is 9.92. The monoisotopic (exact) mass is 672 g/mol. The van der Waals surface area contributed by atoms with Gasteiger partial charge in [-0.05, 0) is 115 Å². The van der Waals surface area contributed by atoms with Crippen molar-refractivity contribution in [3.05, 3.63) is 71.2 Å². The number of aromatic nitrogens is 2. The predicted molar refractivity (Wildman–Crippen MR) is 189 cm³/mol. The Hall–Kier alpha value is -3.99. The molecular weight excluding hydrogens is 623 g/mol. The number of methoxy groups -OCH3 is 1. The van der Waals surface area contributed by atoms with Crippen LogP contribution in [0.2, 0.25) is 0 Å². The fourth-order valence-corrected chi connectivity index (χ4v) is 6.86. The molecule has 3 aliphatic heterocycles. The van der Waals surface area contributed by atoms with E-state index in [1.165, 1.54) is 13.2 Å². The summed E-state index contributed by atoms with van der Waals surface area (Å²) in [5.41, 5.74) is 11.4. The summed E-state index contributed by atoms with van der Waals surface area (Å²) in [5, 5.41) is 0. The Balaban J connectivity index is 1.55. The third-order valence-corrected chi connectivity index (χ3v) is 9.58. The van der Waals surface area contributed by atoms with E-state index in [0.717, 1.165) is 78.2 Å². The SMILES string of the molecule is COC(=O)[C@@H](OC(C)(C)C)c1c(C)cc2nc3cn2c1N1CCC(C)(CC1)OCCCC[C@H](N)Oc1cc(C)c(F)cc1-c1cccc-3c1. The summed E-state index contributed by atoms with van der Waals surface area (Å²) in [7, 11) is 1.39. The molecule has 2 aromatic carbocycles. The molecule has 1 fully saturated rings. The molecule has 9 nitrogen and oxygen atoms in total. The van der Waals surface area contributed by atoms with Gasteiger partial charge in [0, 0.05) is 42.6 Å². The molecule has 6 bridgehead atoms. The Morgan fingerprint density at radius 1 is 1.08 bits per heavy atom. The fourth-order valence-electron chi connectivity index (χ4n) is 6.86. The molecule has 262 valence electrons. The highest BCUT2D eigenvalue weighted by Crippen LogP contribution is 2.41. The minimum atomic E-state index is -0.949. The van der Waals surface area contributed by atoms with Crippen molar-refractivity contribution >= 4 is 17.4 Å². The highest BCUT2D eigenvalue weighted by atomic mass is 19.1. The zero-order valence-electron chi connectivity index (χ0n) is 29.8. The van der Waals surface area contributed by atoms with E-state index in [1.54, 1.807) is 13.0 Å². The van der Waals surface area contributed by atoms with E-state index in [2.05, 4.69) is 16.2 Å². The largest absolute Gasteiger partial charge is 0.475 e. The normalized spacial score (nSPS) is 20.9. The standard InChI is InChI=1S/C39H49FN4O5/c1-24-19-31-28(22-29(24)40)26-11-10-12-27(21-26)30-23-44-33(42-30)20-25(2)34(35(37(45)46-7)49-38(3,4)5)36(44)43-16-14-39(6,15-17-43)47-18-9-8-13-32(41)48-31/h10-12,19-23,32,35H,8-9,13-18,41H2,1-7H3/t32-,35+/m1/s1. The first kappa shape index (κ1) is 34.9. The van der Waals surface area contributed by atoms with Crippen molar-refractivity contribution in [1.82, 2.24) is 9.38 Å². The number of rotatable bonds is 3. The van der Waals surface area contributed by atoms with Gasteiger partial charge in [-0.2, -0.15) is 0 Å². The van der Waals surface area contributed by atoms with E-state index >= 15 is 4.39 Å². The highest BCUT2D eigenvalue weighted by Gasteiger charge is 2.37. The first-order chi connectivity index (χ1) is 23.2. The molecule has 0 amide bonds. The van der Waals surface area contributed by atoms with Gasteiger partial charge in [-0.1, -0.05) is 18.2 Å². The smallest absolute Gasteiger partial charge is 0.339 e. The van der Waals surface area contributed by atoms with Crippen LogP contribution in [0.4, 0.5) is 10.2 Å². The second-order valence-electron chi connectivity index (χ2n) is 14.7. The third-order valence-electron chi connectivity index (χ3n) is 9.58. The summed E-state index contributed by atoms with van der Waals surface area (Å²) in [6.45, 7) is 13.8. The number of nitrogens with two attached hydrogens (primary N) is 1. The van der Waals surface area contributed by atoms with Gasteiger partial charge in [0.25, 0.3) is 0 Å². The summed E-state index contributed by atoms with van der Waals surface area (Å²) < 4.78 is 41.6. The van der Waals surface area contributed by atoms with Crippen LogP contribution in [0.5, 0.6) is 5.75 Å². The van der Waals surface area contributed by atoms with Gasteiger partial charge in [0.1, 0.15) is 29.3 Å². The van der Waals surface area contributed by atoms with Crippen LogP contribution in [0, 0.1) is 19.7 Å². The number of hydrogen-bond acceptors (Lipinski definition) is 8. The molecule has 1 saturated heterocycles. The Morgan fingerprint density at radius 3 is 2.53 bits per heavy atom. The molecule has 0 spiro atoms. The summed E-state index contributed by atoms with van der Waals surface area (Å²) in [4.78, 5) is 20.8. The number of fused-ring (bicyclic) bond motifs is 8. The maximum absolute atomic E-state index is 15.0. The predicted octanol–water partition coefficient (Wildman–Crippen LogP) is 7.68. The van der Waals surface area contributed by atoms with Crippen LogP contribution in [0.1, 0.15) is 82.6 Å². The van der Waals surface area contributed by atoms with Crippen molar-refractivity contribution in [2.45, 2.75) is 97.2 Å². The minimum absolute atomic E-state index is 0.288. The van der Waals surface area contributed by atoms with E-state index in [0.29, 0.717) is 29.9 Å². The maximum Gasteiger partial charge on any atom is 0.339 e. The number of anilines is 1. The number of aryl methyl sites for hydroxylation is 2. The van der Waals surface area contributed by atoms with Gasteiger partial charge in [-0.3, -0.25) is 10.1 Å². The number of esters is 1. The number of benzene rings is 2. The molecule has 7 rings (SSSR count). The zero-order valence-corrected chi connectivity index (χ0v) is 29.8. The second-order valence-corrected chi connectivity index (χ2v) is 14.7. The van der Waals surface area contributed by atoms with Crippen LogP contribution in [0.25, 0.3) is 28.0 Å². The van der Waals surface area contributed by atoms with Crippen molar-refractivity contribution in [3.8, 4) is 28.1 Å². The average molecular weight is 673 g/mol. The number of nitrogens with zero attached hydrogens (tertiary/aromatic N) is 3. The Kier molecular flexibility index (Phi) is 9.77. The van der Waals surface area contributed by atoms with Gasteiger partial charge < -0.3 is 23.8 Å². The maximum atomic E-state index is 15.0. The molecule has 3 aliphatic rings. The number of imidazole rings is 1. The van der Waals surface area contributed by atoms with Gasteiger partial charge in [0.05, 0.1) is 24.0 Å². The van der Waals surface area contributed by atoms with Crippen molar-refractivity contribution in [1.29, 1.82) is 0 Å². The number of hydrogen-bond donors (Lipinski definition) is 1. The lowest BCUT2D eigenvalue weighted by Crippen LogP contribution is -2.45. The van der Waals surface area contributed by atoms with Crippen molar-refractivity contribution in [2.24, 2.45) is 5.73 Å². The summed E-state index contributed by atoms with van der Waals surface area (Å²) in [5.74, 6) is 0.619. The van der Waals surface area contributed by atoms with Gasteiger partial charge >= 0.3 is 5.97 Å². The van der Waals surface area contributed by atoms with Crippen LogP contribution in [0.15, 0.2) is 48.7 Å². The molecule has 10 heteroatoms. The number of carbonyl (C=O) groups excluding carboxylic acids is 1. The Morgan fingerprint density at radius 2 is 1.82 bits per heavy atom. The molecule has 2 atom stereocenters. The van der Waals surface area contributed by atoms with E-state index in [-0.39, 0.29) is 11.4 Å². The van der Waals surface area contributed by atoms with Crippen molar-refractivity contribution in [3.63, 3.8) is 0 Å². The van der Waals surface area contributed by atoms with Crippen molar-refractivity contribution < 1.29 is 28.1 Å². The van der Waals surface area contributed by atoms with Crippen LogP contribution < -0.4 is 15.4 Å². The molecule has 2 aromatic heterocycles. The van der Waals surface area contributed by atoms with Crippen LogP contribution in [-0.2, 0) is 19.0 Å². The molecule has 49 heavy (non-hydrogen) atoms. The summed E-state index contributed by atoms with van der Waals surface area (Å²) in [6, 6.07) is 13.1. The molecule has 2 N–H and O–H groups in total. The number of pyridine rings is 1. The number of piperidine rings is 1. The zero-order chi connectivity index (χ0) is 35.1. The first-order valence-corrected chi connectivity index (χ1v) is 17.3. The minimum Gasteiger partial charge on any atom is -0.475 e. The molecular formula is C39H49FN4O5. The molecule has 0 aliphatic carbocycles. The van der Waals surface area contributed by atoms with E-state index in [4.69, 9.17) is 29.7 Å². The van der Waals surface area contributed by atoms with E-state index < -0.39 is 23.9 Å². The van der Waals surface area contributed by atoms with Crippen LogP contribution in [-0.4, -0.2) is 59.6 Å². The quantitative estimate of drug-likeness (QED) is 0.221. The average Bonchev–Trinajstić information content (AvgIpc) is 3.47. The third kappa shape index (κ3) is 7.46. The molecule has 5 heterocycles. The molecule has 0 unspecified atom stereocenters. The number of carbonyl (C=O) groups is 1. The van der Waals surface area contributed by atoms with Gasteiger partial charge in [-0.25, -0.2) is 14.2 Å². The number of ether oxygens (including phenoxy) is 4. The Bertz CT molecular complexity index is 1840. The van der Waals surface area contributed by atoms with E-state index in [1.807, 2.05) is 64.2 Å². The van der Waals surface area contributed by atoms with Crippen molar-refractivity contribution in [2.75, 3.05) is 31.7 Å². The topological polar surface area (TPSA) is 101 Å². The molecule has 0 radical (unpaired) electrons. The summed E-state index contributed by atoms with van der Waals surface area (Å²) in [6.07, 6.45) is 4.46. The van der Waals surface area contributed by atoms with Crippen LogP contribution >= 0.6 is 0 Å². The van der Waals surface area contributed by atoms with Gasteiger partial charge in [-0.15, -0.1) is 0 Å². The summed E-state index contributed by atoms with van der Waals surface area (Å²) >= 11 is 0. The van der Waals surface area contributed by atoms with Gasteiger partial charge in [0.15, 0.2) is 6.10 Å². The second kappa shape index (κ2) is 13.7. The Labute approximate surface area is 288 Å². The first-order valence-electron chi connectivity index (χ1n) is 17.3. The van der Waals surface area contributed by atoms with Gasteiger partial charge in [0.2, 0.25) is 0 Å².